The normalized spacial score (nSPS) is 10.9. The van der Waals surface area contributed by atoms with Gasteiger partial charge in [-0.15, -0.1) is 6.58 Å². The van der Waals surface area contributed by atoms with Crippen molar-refractivity contribution in [3.05, 3.63) is 25.3 Å². The molecule has 0 heterocycles. The van der Waals surface area contributed by atoms with Gasteiger partial charge in [-0.05, 0) is 17.9 Å². The Morgan fingerprint density at radius 3 is 2.40 bits per heavy atom. The van der Waals surface area contributed by atoms with Crippen molar-refractivity contribution in [2.45, 2.75) is 33.6 Å². The topological polar surface area (TPSA) is 20.3 Å². The highest BCUT2D eigenvalue weighted by Crippen LogP contribution is 2.24. The summed E-state index contributed by atoms with van der Waals surface area (Å²) in [6, 6.07) is 0. The van der Waals surface area contributed by atoms with Crippen LogP contribution in [0.2, 0.25) is 0 Å². The Bertz CT molecular complexity index is 231. The van der Waals surface area contributed by atoms with E-state index < -0.39 is 0 Å². The summed E-state index contributed by atoms with van der Waals surface area (Å²) in [5.74, 6) is -0.0122. The average molecular weight is 209 g/mol. The quantitative estimate of drug-likeness (QED) is 0.466. The maximum Gasteiger partial charge on any atom is 0.246 e. The lowest BCUT2D eigenvalue weighted by Gasteiger charge is -2.27. The van der Waals surface area contributed by atoms with Crippen LogP contribution in [-0.4, -0.2) is 23.9 Å². The zero-order valence-corrected chi connectivity index (χ0v) is 10.3. The molecule has 0 aromatic rings. The molecule has 0 saturated heterocycles. The zero-order chi connectivity index (χ0) is 11.9. The van der Waals surface area contributed by atoms with Crippen molar-refractivity contribution in [1.82, 2.24) is 4.90 Å². The molecule has 0 saturated carbocycles. The van der Waals surface area contributed by atoms with E-state index in [0.29, 0.717) is 12.0 Å². The summed E-state index contributed by atoms with van der Waals surface area (Å²) in [5.41, 5.74) is 0.293. The number of hydrogen-bond acceptors (Lipinski definition) is 1. The van der Waals surface area contributed by atoms with Gasteiger partial charge in [-0.2, -0.15) is 0 Å². The van der Waals surface area contributed by atoms with Gasteiger partial charge in [-0.3, -0.25) is 4.79 Å². The predicted molar refractivity (Wildman–Crippen MR) is 65.7 cm³/mol. The lowest BCUT2D eigenvalue weighted by molar-refractivity contribution is -0.125. The van der Waals surface area contributed by atoms with Crippen molar-refractivity contribution in [3.8, 4) is 0 Å². The van der Waals surface area contributed by atoms with E-state index in [-0.39, 0.29) is 5.91 Å². The standard InChI is InChI=1S/C13H23NO/c1-6-10-14(12(15)7-2)11-9-13(4,5)8-3/h6-7H,1-2,8-11H2,3-5H3. The van der Waals surface area contributed by atoms with E-state index in [1.54, 1.807) is 11.0 Å². The fourth-order valence-corrected chi connectivity index (χ4v) is 1.19. The number of carbonyl (C=O) groups excluding carboxylic acids is 1. The number of hydrogen-bond donors (Lipinski definition) is 0. The highest BCUT2D eigenvalue weighted by Gasteiger charge is 2.17. The van der Waals surface area contributed by atoms with Gasteiger partial charge in [0, 0.05) is 13.1 Å². The Balaban J connectivity index is 4.23. The van der Waals surface area contributed by atoms with Crippen LogP contribution in [0.3, 0.4) is 0 Å². The minimum absolute atomic E-state index is 0.0122. The zero-order valence-electron chi connectivity index (χ0n) is 10.3. The van der Waals surface area contributed by atoms with E-state index in [0.717, 1.165) is 19.4 Å². The molecule has 0 aromatic carbocycles. The number of nitrogens with zero attached hydrogens (tertiary/aromatic N) is 1. The van der Waals surface area contributed by atoms with Gasteiger partial charge in [-0.25, -0.2) is 0 Å². The molecule has 0 aliphatic carbocycles. The molecule has 0 aliphatic rings. The summed E-state index contributed by atoms with van der Waals surface area (Å²) in [7, 11) is 0. The summed E-state index contributed by atoms with van der Waals surface area (Å²) in [6.07, 6.45) is 5.25. The van der Waals surface area contributed by atoms with Crippen LogP contribution in [0, 0.1) is 5.41 Å². The van der Waals surface area contributed by atoms with Gasteiger partial charge in [0.2, 0.25) is 5.91 Å². The Hall–Kier alpha value is -1.05. The van der Waals surface area contributed by atoms with E-state index in [1.165, 1.54) is 6.08 Å². The van der Waals surface area contributed by atoms with E-state index in [9.17, 15) is 4.79 Å². The first-order valence-corrected chi connectivity index (χ1v) is 5.49. The fourth-order valence-electron chi connectivity index (χ4n) is 1.19. The first-order valence-electron chi connectivity index (χ1n) is 5.49. The van der Waals surface area contributed by atoms with Gasteiger partial charge in [0.05, 0.1) is 0 Å². The Morgan fingerprint density at radius 2 is 2.00 bits per heavy atom. The van der Waals surface area contributed by atoms with Crippen LogP contribution in [0.4, 0.5) is 0 Å². The Labute approximate surface area is 93.7 Å². The molecule has 15 heavy (non-hydrogen) atoms. The summed E-state index contributed by atoms with van der Waals surface area (Å²) in [6.45, 7) is 15.1. The maximum absolute atomic E-state index is 11.5. The van der Waals surface area contributed by atoms with Crippen molar-refractivity contribution in [3.63, 3.8) is 0 Å². The molecule has 0 N–H and O–H groups in total. The third-order valence-corrected chi connectivity index (χ3v) is 2.85. The maximum atomic E-state index is 11.5. The predicted octanol–water partition coefficient (Wildman–Crippen LogP) is 3.01. The molecular formula is C13H23NO. The van der Waals surface area contributed by atoms with E-state index in [2.05, 4.69) is 33.9 Å². The van der Waals surface area contributed by atoms with Crippen LogP contribution in [-0.2, 0) is 4.79 Å². The number of carbonyl (C=O) groups is 1. The first kappa shape index (κ1) is 13.9. The minimum Gasteiger partial charge on any atom is -0.335 e. The van der Waals surface area contributed by atoms with Gasteiger partial charge in [-0.1, -0.05) is 39.8 Å². The van der Waals surface area contributed by atoms with Crippen LogP contribution in [0.5, 0.6) is 0 Å². The molecular weight excluding hydrogens is 186 g/mol. The van der Waals surface area contributed by atoms with E-state index in [1.807, 2.05) is 0 Å². The Kier molecular flexibility index (Phi) is 5.99. The van der Waals surface area contributed by atoms with Crippen molar-refractivity contribution in [2.24, 2.45) is 5.41 Å². The summed E-state index contributed by atoms with van der Waals surface area (Å²) in [4.78, 5) is 13.2. The molecule has 0 radical (unpaired) electrons. The molecule has 0 bridgehead atoms. The molecule has 0 aromatic heterocycles. The average Bonchev–Trinajstić information content (AvgIpc) is 2.23. The minimum atomic E-state index is -0.0122. The lowest BCUT2D eigenvalue weighted by atomic mass is 9.86. The van der Waals surface area contributed by atoms with Crippen LogP contribution >= 0.6 is 0 Å². The molecule has 0 rings (SSSR count). The number of rotatable bonds is 7. The van der Waals surface area contributed by atoms with Crippen LogP contribution in [0.15, 0.2) is 25.3 Å². The second-order valence-corrected chi connectivity index (χ2v) is 4.54. The summed E-state index contributed by atoms with van der Waals surface area (Å²) < 4.78 is 0. The largest absolute Gasteiger partial charge is 0.335 e. The van der Waals surface area contributed by atoms with Crippen molar-refractivity contribution >= 4 is 5.91 Å². The summed E-state index contributed by atoms with van der Waals surface area (Å²) in [5, 5.41) is 0. The third kappa shape index (κ3) is 5.40. The highest BCUT2D eigenvalue weighted by molar-refractivity contribution is 5.87. The molecule has 2 nitrogen and oxygen atoms in total. The van der Waals surface area contributed by atoms with Gasteiger partial charge >= 0.3 is 0 Å². The number of amides is 1. The van der Waals surface area contributed by atoms with Gasteiger partial charge in [0.15, 0.2) is 0 Å². The molecule has 0 atom stereocenters. The van der Waals surface area contributed by atoms with Crippen LogP contribution < -0.4 is 0 Å². The second-order valence-electron chi connectivity index (χ2n) is 4.54. The molecule has 1 amide bonds. The lowest BCUT2D eigenvalue weighted by Crippen LogP contribution is -2.32. The Morgan fingerprint density at radius 1 is 1.40 bits per heavy atom. The van der Waals surface area contributed by atoms with Gasteiger partial charge in [0.25, 0.3) is 0 Å². The molecule has 0 unspecified atom stereocenters. The van der Waals surface area contributed by atoms with Gasteiger partial charge in [0.1, 0.15) is 0 Å². The third-order valence-electron chi connectivity index (χ3n) is 2.85. The summed E-state index contributed by atoms with van der Waals surface area (Å²) >= 11 is 0. The molecule has 0 aliphatic heterocycles. The van der Waals surface area contributed by atoms with E-state index >= 15 is 0 Å². The molecule has 0 fully saturated rings. The van der Waals surface area contributed by atoms with Crippen molar-refractivity contribution in [1.29, 1.82) is 0 Å². The molecule has 86 valence electrons. The van der Waals surface area contributed by atoms with Crippen molar-refractivity contribution in [2.75, 3.05) is 13.1 Å². The molecule has 0 spiro atoms. The first-order chi connectivity index (χ1) is 6.96. The van der Waals surface area contributed by atoms with E-state index in [4.69, 9.17) is 0 Å². The van der Waals surface area contributed by atoms with Gasteiger partial charge < -0.3 is 4.90 Å². The highest BCUT2D eigenvalue weighted by atomic mass is 16.2. The SMILES string of the molecule is C=CCN(CCC(C)(C)CC)C(=O)C=C. The van der Waals surface area contributed by atoms with Crippen molar-refractivity contribution < 1.29 is 4.79 Å². The smallest absolute Gasteiger partial charge is 0.246 e. The monoisotopic (exact) mass is 209 g/mol. The molecule has 2 heteroatoms. The van der Waals surface area contributed by atoms with Crippen LogP contribution in [0.1, 0.15) is 33.6 Å². The fraction of sp³-hybridized carbons (Fsp3) is 0.615. The van der Waals surface area contributed by atoms with Crippen LogP contribution in [0.25, 0.3) is 0 Å². The second kappa shape index (κ2) is 6.44.